The van der Waals surface area contributed by atoms with Gasteiger partial charge in [-0.2, -0.15) is 0 Å². The lowest BCUT2D eigenvalue weighted by Crippen LogP contribution is -2.43. The molecule has 1 amide bonds. The van der Waals surface area contributed by atoms with Crippen molar-refractivity contribution in [2.75, 3.05) is 39.8 Å². The number of guanidine groups is 1. The summed E-state index contributed by atoms with van der Waals surface area (Å²) in [5.41, 5.74) is 1.24. The first-order valence-electron chi connectivity index (χ1n) is 10.9. The number of rotatable bonds is 10. The van der Waals surface area contributed by atoms with Gasteiger partial charge in [0.1, 0.15) is 18.1 Å². The molecule has 3 rings (SSSR count). The molecule has 8 heteroatoms. The van der Waals surface area contributed by atoms with Crippen molar-refractivity contribution in [2.45, 2.75) is 32.4 Å². The molecule has 2 heterocycles. The van der Waals surface area contributed by atoms with E-state index in [1.54, 1.807) is 19.4 Å². The van der Waals surface area contributed by atoms with Crippen LogP contribution >= 0.6 is 0 Å². The normalized spacial score (nSPS) is 15.5. The van der Waals surface area contributed by atoms with Gasteiger partial charge in [-0.3, -0.25) is 9.69 Å². The summed E-state index contributed by atoms with van der Waals surface area (Å²) in [5.74, 6) is 2.05. The van der Waals surface area contributed by atoms with Crippen LogP contribution in [-0.4, -0.2) is 56.6 Å². The van der Waals surface area contributed by atoms with Crippen LogP contribution in [0.3, 0.4) is 0 Å². The topological polar surface area (TPSA) is 91.1 Å². The molecule has 1 atom stereocenters. The molecule has 1 aromatic carbocycles. The number of amides is 1. The van der Waals surface area contributed by atoms with Gasteiger partial charge in [0.15, 0.2) is 5.96 Å². The van der Waals surface area contributed by atoms with Gasteiger partial charge in [-0.25, -0.2) is 4.99 Å². The summed E-state index contributed by atoms with van der Waals surface area (Å²) in [5, 5.41) is 9.46. The van der Waals surface area contributed by atoms with Crippen molar-refractivity contribution in [3.8, 4) is 5.75 Å². The molecule has 1 fully saturated rings. The molecule has 0 bridgehead atoms. The minimum absolute atomic E-state index is 0.0486. The Morgan fingerprint density at radius 2 is 1.94 bits per heavy atom. The van der Waals surface area contributed by atoms with Gasteiger partial charge in [0.25, 0.3) is 0 Å². The highest BCUT2D eigenvalue weighted by atomic mass is 16.5. The molecule has 0 spiro atoms. The van der Waals surface area contributed by atoms with E-state index in [1.165, 1.54) is 18.4 Å². The summed E-state index contributed by atoms with van der Waals surface area (Å²) < 4.78 is 10.5. The van der Waals surface area contributed by atoms with E-state index in [9.17, 15) is 4.79 Å². The minimum Gasteiger partial charge on any atom is -0.497 e. The largest absolute Gasteiger partial charge is 0.497 e. The zero-order valence-electron chi connectivity index (χ0n) is 18.4. The van der Waals surface area contributed by atoms with Crippen molar-refractivity contribution in [2.24, 2.45) is 4.99 Å². The molecule has 1 saturated heterocycles. The van der Waals surface area contributed by atoms with E-state index in [1.807, 2.05) is 25.1 Å². The molecule has 8 nitrogen and oxygen atoms in total. The van der Waals surface area contributed by atoms with E-state index < -0.39 is 0 Å². The molecule has 1 unspecified atom stereocenters. The number of hydrogen-bond donors (Lipinski definition) is 3. The first-order chi connectivity index (χ1) is 15.2. The quantitative estimate of drug-likeness (QED) is 0.398. The Bertz CT molecular complexity index is 814. The Morgan fingerprint density at radius 3 is 2.58 bits per heavy atom. The fraction of sp³-hybridized carbons (Fsp3) is 0.478. The fourth-order valence-electron chi connectivity index (χ4n) is 3.68. The first kappa shape index (κ1) is 22.7. The average Bonchev–Trinajstić information content (AvgIpc) is 3.51. The van der Waals surface area contributed by atoms with E-state index in [0.717, 1.165) is 31.1 Å². The monoisotopic (exact) mass is 427 g/mol. The number of carbonyl (C=O) groups excluding carboxylic acids is 1. The zero-order chi connectivity index (χ0) is 21.9. The lowest BCUT2D eigenvalue weighted by atomic mass is 10.1. The Morgan fingerprint density at radius 1 is 1.16 bits per heavy atom. The van der Waals surface area contributed by atoms with Crippen LogP contribution in [0, 0.1) is 0 Å². The van der Waals surface area contributed by atoms with Crippen LogP contribution in [0.15, 0.2) is 52.1 Å². The molecular formula is C23H33N5O3. The lowest BCUT2D eigenvalue weighted by molar-refractivity contribution is -0.119. The summed E-state index contributed by atoms with van der Waals surface area (Å²) >= 11 is 0. The maximum atomic E-state index is 12.1. The van der Waals surface area contributed by atoms with Crippen molar-refractivity contribution in [1.82, 2.24) is 20.9 Å². The second-order valence-electron chi connectivity index (χ2n) is 7.46. The SMILES string of the molecule is CCNC(=NCC(=O)NCc1ccco1)NCC(c1ccc(OC)cc1)N1CCCC1. The summed E-state index contributed by atoms with van der Waals surface area (Å²) in [6.07, 6.45) is 4.03. The molecule has 0 saturated carbocycles. The highest BCUT2D eigenvalue weighted by Gasteiger charge is 2.23. The van der Waals surface area contributed by atoms with Crippen molar-refractivity contribution in [1.29, 1.82) is 0 Å². The van der Waals surface area contributed by atoms with Crippen molar-refractivity contribution < 1.29 is 13.9 Å². The van der Waals surface area contributed by atoms with Crippen LogP contribution in [0.25, 0.3) is 0 Å². The molecule has 1 aromatic heterocycles. The third kappa shape index (κ3) is 7.03. The van der Waals surface area contributed by atoms with Gasteiger partial charge in [0, 0.05) is 13.1 Å². The summed E-state index contributed by atoms with van der Waals surface area (Å²) in [6.45, 7) is 6.01. The number of hydrogen-bond acceptors (Lipinski definition) is 5. The van der Waals surface area contributed by atoms with E-state index in [-0.39, 0.29) is 18.5 Å². The van der Waals surface area contributed by atoms with Gasteiger partial charge in [-0.15, -0.1) is 0 Å². The van der Waals surface area contributed by atoms with Gasteiger partial charge in [-0.05, 0) is 62.7 Å². The predicted octanol–water partition coefficient (Wildman–Crippen LogP) is 2.30. The fourth-order valence-corrected chi connectivity index (χ4v) is 3.68. The molecule has 3 N–H and O–H groups in total. The van der Waals surface area contributed by atoms with E-state index in [0.29, 0.717) is 19.0 Å². The number of carbonyl (C=O) groups is 1. The lowest BCUT2D eigenvalue weighted by Gasteiger charge is -2.29. The number of nitrogens with one attached hydrogen (secondary N) is 3. The molecule has 2 aromatic rings. The van der Waals surface area contributed by atoms with E-state index in [2.05, 4.69) is 38.0 Å². The smallest absolute Gasteiger partial charge is 0.242 e. The minimum atomic E-state index is -0.153. The number of ether oxygens (including phenoxy) is 1. The Labute approximate surface area is 184 Å². The summed E-state index contributed by atoms with van der Waals surface area (Å²) in [6, 6.07) is 12.1. The van der Waals surface area contributed by atoms with Crippen LogP contribution < -0.4 is 20.7 Å². The maximum absolute atomic E-state index is 12.1. The van der Waals surface area contributed by atoms with Crippen LogP contribution in [0.2, 0.25) is 0 Å². The second-order valence-corrected chi connectivity index (χ2v) is 7.46. The highest BCUT2D eigenvalue weighted by Crippen LogP contribution is 2.26. The number of methoxy groups -OCH3 is 1. The van der Waals surface area contributed by atoms with Crippen LogP contribution in [0.4, 0.5) is 0 Å². The predicted molar refractivity (Wildman–Crippen MR) is 121 cm³/mol. The second kappa shape index (κ2) is 12.0. The van der Waals surface area contributed by atoms with Crippen molar-refractivity contribution in [3.05, 3.63) is 54.0 Å². The van der Waals surface area contributed by atoms with Crippen LogP contribution in [-0.2, 0) is 11.3 Å². The maximum Gasteiger partial charge on any atom is 0.242 e. The van der Waals surface area contributed by atoms with Crippen LogP contribution in [0.5, 0.6) is 5.75 Å². The third-order valence-electron chi connectivity index (χ3n) is 5.31. The Kier molecular flexibility index (Phi) is 8.78. The molecular weight excluding hydrogens is 394 g/mol. The Hall–Kier alpha value is -3.00. The number of likely N-dealkylation sites (tertiary alicyclic amines) is 1. The number of aliphatic imine (C=N–C) groups is 1. The molecule has 31 heavy (non-hydrogen) atoms. The highest BCUT2D eigenvalue weighted by molar-refractivity contribution is 5.84. The Balaban J connectivity index is 1.59. The molecule has 1 aliphatic rings. The van der Waals surface area contributed by atoms with Crippen molar-refractivity contribution >= 4 is 11.9 Å². The number of furan rings is 1. The number of nitrogens with zero attached hydrogens (tertiary/aromatic N) is 2. The van der Waals surface area contributed by atoms with Crippen molar-refractivity contribution in [3.63, 3.8) is 0 Å². The zero-order valence-corrected chi connectivity index (χ0v) is 18.4. The summed E-state index contributed by atoms with van der Waals surface area (Å²) in [4.78, 5) is 19.1. The molecule has 1 aliphatic heterocycles. The van der Waals surface area contributed by atoms with Crippen LogP contribution in [0.1, 0.15) is 37.1 Å². The van der Waals surface area contributed by atoms with Gasteiger partial charge in [0.05, 0.1) is 26.0 Å². The molecule has 0 aliphatic carbocycles. The summed E-state index contributed by atoms with van der Waals surface area (Å²) in [7, 11) is 1.68. The molecule has 168 valence electrons. The van der Waals surface area contributed by atoms with E-state index in [4.69, 9.17) is 9.15 Å². The van der Waals surface area contributed by atoms with Gasteiger partial charge in [0.2, 0.25) is 5.91 Å². The number of benzene rings is 1. The standard InChI is InChI=1S/C23H33N5O3/c1-3-24-23(27-17-22(29)25-15-20-7-6-14-31-20)26-16-21(28-12-4-5-13-28)18-8-10-19(30-2)11-9-18/h6-11,14,21H,3-5,12-13,15-17H2,1-2H3,(H,25,29)(H2,24,26,27). The van der Waals surface area contributed by atoms with Gasteiger partial charge < -0.3 is 25.1 Å². The first-order valence-corrected chi connectivity index (χ1v) is 10.9. The van der Waals surface area contributed by atoms with Gasteiger partial charge >= 0.3 is 0 Å². The molecule has 0 radical (unpaired) electrons. The van der Waals surface area contributed by atoms with E-state index >= 15 is 0 Å². The third-order valence-corrected chi connectivity index (χ3v) is 5.31. The average molecular weight is 428 g/mol. The van der Waals surface area contributed by atoms with Gasteiger partial charge in [-0.1, -0.05) is 12.1 Å².